The summed E-state index contributed by atoms with van der Waals surface area (Å²) in [6.07, 6.45) is 0. The van der Waals surface area contributed by atoms with Crippen molar-refractivity contribution in [1.82, 2.24) is 5.32 Å². The van der Waals surface area contributed by atoms with Crippen LogP contribution in [0.4, 0.5) is 0 Å². The molecule has 2 aromatic rings. The smallest absolute Gasteiger partial charge is 0.0587 e. The van der Waals surface area contributed by atoms with E-state index in [0.29, 0.717) is 0 Å². The Kier molecular flexibility index (Phi) is 6.58. The highest BCUT2D eigenvalue weighted by atomic mass is 35.5. The summed E-state index contributed by atoms with van der Waals surface area (Å²) in [5, 5.41) is 4.17. The lowest BCUT2D eigenvalue weighted by Gasteiger charge is -2.11. The number of ether oxygens (including phenoxy) is 1. The van der Waals surface area contributed by atoms with E-state index >= 15 is 0 Å². The van der Waals surface area contributed by atoms with Gasteiger partial charge in [-0.15, -0.1) is 0 Å². The molecule has 0 saturated carbocycles. The molecule has 0 radical (unpaired) electrons. The van der Waals surface area contributed by atoms with E-state index in [4.69, 9.17) is 16.3 Å². The van der Waals surface area contributed by atoms with Gasteiger partial charge in [-0.1, -0.05) is 41.1 Å². The molecule has 21 heavy (non-hydrogen) atoms. The van der Waals surface area contributed by atoms with Gasteiger partial charge in [-0.25, -0.2) is 0 Å². The molecule has 0 saturated heterocycles. The maximum absolute atomic E-state index is 5.93. The zero-order valence-corrected chi connectivity index (χ0v) is 13.9. The molecular weight excluding hydrogens is 302 g/mol. The Morgan fingerprint density at radius 1 is 1.14 bits per heavy atom. The lowest BCUT2D eigenvalue weighted by molar-refractivity contribution is 0.199. The largest absolute Gasteiger partial charge is 0.383 e. The Labute approximate surface area is 135 Å². The third kappa shape index (κ3) is 5.36. The maximum atomic E-state index is 5.93. The molecule has 2 aromatic carbocycles. The van der Waals surface area contributed by atoms with E-state index in [9.17, 15) is 0 Å². The third-order valence-electron chi connectivity index (χ3n) is 3.06. The minimum Gasteiger partial charge on any atom is -0.383 e. The standard InChI is InChI=1S/C17H20ClNOS/c1-13-3-8-17(14(11-13)12-19-9-10-20-2)21-16-6-4-15(18)5-7-16/h3-8,11,19H,9-10,12H2,1-2H3. The van der Waals surface area contributed by atoms with Crippen molar-refractivity contribution < 1.29 is 4.74 Å². The monoisotopic (exact) mass is 321 g/mol. The first kappa shape index (κ1) is 16.4. The normalized spacial score (nSPS) is 10.8. The van der Waals surface area contributed by atoms with Gasteiger partial charge in [0.1, 0.15) is 0 Å². The van der Waals surface area contributed by atoms with Crippen LogP contribution in [-0.4, -0.2) is 20.3 Å². The fourth-order valence-corrected chi connectivity index (χ4v) is 3.02. The van der Waals surface area contributed by atoms with E-state index in [1.54, 1.807) is 18.9 Å². The molecule has 0 aromatic heterocycles. The number of halogens is 1. The molecule has 0 atom stereocenters. The lowest BCUT2D eigenvalue weighted by Crippen LogP contribution is -2.18. The van der Waals surface area contributed by atoms with E-state index in [2.05, 4.69) is 42.6 Å². The van der Waals surface area contributed by atoms with Crippen LogP contribution < -0.4 is 5.32 Å². The summed E-state index contributed by atoms with van der Waals surface area (Å²) < 4.78 is 5.06. The minimum atomic E-state index is 0.728. The van der Waals surface area contributed by atoms with Gasteiger partial charge in [0.15, 0.2) is 0 Å². The Morgan fingerprint density at radius 2 is 1.90 bits per heavy atom. The van der Waals surface area contributed by atoms with Crippen LogP contribution in [0.2, 0.25) is 5.02 Å². The highest BCUT2D eigenvalue weighted by molar-refractivity contribution is 7.99. The first-order valence-electron chi connectivity index (χ1n) is 6.91. The summed E-state index contributed by atoms with van der Waals surface area (Å²) in [6.45, 7) is 4.55. The van der Waals surface area contributed by atoms with Crippen LogP contribution in [-0.2, 0) is 11.3 Å². The SMILES string of the molecule is COCCNCc1cc(C)ccc1Sc1ccc(Cl)cc1. The molecule has 0 bridgehead atoms. The molecule has 0 fully saturated rings. The molecule has 2 nitrogen and oxygen atoms in total. The Bertz CT molecular complexity index is 572. The average Bonchev–Trinajstić information content (AvgIpc) is 2.48. The summed E-state index contributed by atoms with van der Waals surface area (Å²) >= 11 is 7.70. The number of nitrogens with one attached hydrogen (secondary N) is 1. The van der Waals surface area contributed by atoms with E-state index in [1.807, 2.05) is 12.1 Å². The van der Waals surface area contributed by atoms with E-state index in [-0.39, 0.29) is 0 Å². The second-order valence-electron chi connectivity index (χ2n) is 4.84. The number of hydrogen-bond donors (Lipinski definition) is 1. The summed E-state index contributed by atoms with van der Waals surface area (Å²) in [5.41, 5.74) is 2.59. The molecule has 0 heterocycles. The second kappa shape index (κ2) is 8.44. The first-order chi connectivity index (χ1) is 10.2. The third-order valence-corrected chi connectivity index (χ3v) is 4.43. The molecule has 0 unspecified atom stereocenters. The van der Waals surface area contributed by atoms with Crippen LogP contribution in [0.3, 0.4) is 0 Å². The highest BCUT2D eigenvalue weighted by Gasteiger charge is 2.05. The molecule has 2 rings (SSSR count). The number of aryl methyl sites for hydroxylation is 1. The predicted octanol–water partition coefficient (Wildman–Crippen LogP) is 4.54. The average molecular weight is 322 g/mol. The van der Waals surface area contributed by atoms with Crippen molar-refractivity contribution in [3.63, 3.8) is 0 Å². The van der Waals surface area contributed by atoms with Crippen molar-refractivity contribution in [2.75, 3.05) is 20.3 Å². The number of benzene rings is 2. The summed E-state index contributed by atoms with van der Waals surface area (Å²) in [6, 6.07) is 14.5. The van der Waals surface area contributed by atoms with Crippen molar-refractivity contribution in [3.05, 3.63) is 58.6 Å². The second-order valence-corrected chi connectivity index (χ2v) is 6.39. The highest BCUT2D eigenvalue weighted by Crippen LogP contribution is 2.31. The van der Waals surface area contributed by atoms with Crippen molar-refractivity contribution in [2.24, 2.45) is 0 Å². The summed E-state index contributed by atoms with van der Waals surface area (Å²) in [4.78, 5) is 2.47. The quantitative estimate of drug-likeness (QED) is 0.757. The topological polar surface area (TPSA) is 21.3 Å². The van der Waals surface area contributed by atoms with Crippen LogP contribution in [0, 0.1) is 6.92 Å². The molecule has 112 valence electrons. The Hall–Kier alpha value is -1.00. The Morgan fingerprint density at radius 3 is 2.62 bits per heavy atom. The van der Waals surface area contributed by atoms with Crippen molar-refractivity contribution in [3.8, 4) is 0 Å². The zero-order chi connectivity index (χ0) is 15.1. The van der Waals surface area contributed by atoms with Crippen molar-refractivity contribution in [2.45, 2.75) is 23.3 Å². The zero-order valence-electron chi connectivity index (χ0n) is 12.4. The molecule has 0 aliphatic rings. The molecule has 0 amide bonds. The van der Waals surface area contributed by atoms with E-state index < -0.39 is 0 Å². The van der Waals surface area contributed by atoms with Crippen molar-refractivity contribution in [1.29, 1.82) is 0 Å². The molecule has 0 spiro atoms. The van der Waals surface area contributed by atoms with Gasteiger partial charge < -0.3 is 10.1 Å². The number of rotatable bonds is 7. The van der Waals surface area contributed by atoms with Gasteiger partial charge in [0, 0.05) is 35.0 Å². The molecule has 0 aliphatic carbocycles. The van der Waals surface area contributed by atoms with Gasteiger partial charge in [-0.3, -0.25) is 0 Å². The predicted molar refractivity (Wildman–Crippen MR) is 90.3 cm³/mol. The van der Waals surface area contributed by atoms with Crippen LogP contribution in [0.25, 0.3) is 0 Å². The van der Waals surface area contributed by atoms with Crippen LogP contribution in [0.15, 0.2) is 52.3 Å². The van der Waals surface area contributed by atoms with Crippen molar-refractivity contribution >= 4 is 23.4 Å². The van der Waals surface area contributed by atoms with Gasteiger partial charge in [-0.2, -0.15) is 0 Å². The fourth-order valence-electron chi connectivity index (χ4n) is 1.97. The summed E-state index contributed by atoms with van der Waals surface area (Å²) in [5.74, 6) is 0. The van der Waals surface area contributed by atoms with Crippen LogP contribution >= 0.6 is 23.4 Å². The molecular formula is C17H20ClNOS. The fraction of sp³-hybridized carbons (Fsp3) is 0.294. The molecule has 1 N–H and O–H groups in total. The van der Waals surface area contributed by atoms with Gasteiger partial charge in [-0.05, 0) is 42.8 Å². The van der Waals surface area contributed by atoms with Gasteiger partial charge in [0.2, 0.25) is 0 Å². The van der Waals surface area contributed by atoms with E-state index in [1.165, 1.54) is 20.9 Å². The summed E-state index contributed by atoms with van der Waals surface area (Å²) in [7, 11) is 1.72. The van der Waals surface area contributed by atoms with Gasteiger partial charge >= 0.3 is 0 Å². The Balaban J connectivity index is 2.08. The lowest BCUT2D eigenvalue weighted by atomic mass is 10.1. The van der Waals surface area contributed by atoms with Gasteiger partial charge in [0.05, 0.1) is 6.61 Å². The van der Waals surface area contributed by atoms with Crippen LogP contribution in [0.5, 0.6) is 0 Å². The van der Waals surface area contributed by atoms with Gasteiger partial charge in [0.25, 0.3) is 0 Å². The number of methoxy groups -OCH3 is 1. The molecule has 0 aliphatic heterocycles. The first-order valence-corrected chi connectivity index (χ1v) is 8.11. The minimum absolute atomic E-state index is 0.728. The number of hydrogen-bond acceptors (Lipinski definition) is 3. The van der Waals surface area contributed by atoms with E-state index in [0.717, 1.165) is 24.7 Å². The molecule has 4 heteroatoms. The van der Waals surface area contributed by atoms with Crippen LogP contribution in [0.1, 0.15) is 11.1 Å². The maximum Gasteiger partial charge on any atom is 0.0587 e.